The summed E-state index contributed by atoms with van der Waals surface area (Å²) in [5, 5.41) is 12.0. The normalized spacial score (nSPS) is 20.7. The molecule has 0 radical (unpaired) electrons. The van der Waals surface area contributed by atoms with Gasteiger partial charge >= 0.3 is 0 Å². The number of thiazole rings is 1. The largest absolute Gasteiger partial charge is 0.399 e. The summed E-state index contributed by atoms with van der Waals surface area (Å²) in [4.78, 5) is 5.96. The van der Waals surface area contributed by atoms with Crippen molar-refractivity contribution in [3.05, 3.63) is 45.5 Å². The average Bonchev–Trinajstić information content (AvgIpc) is 3.26. The molecular formula is C19H22N4S2. The molecule has 1 saturated carbocycles. The van der Waals surface area contributed by atoms with Crippen LogP contribution in [0.25, 0.3) is 10.4 Å². The highest BCUT2D eigenvalue weighted by atomic mass is 32.1. The Morgan fingerprint density at radius 3 is 2.48 bits per heavy atom. The summed E-state index contributed by atoms with van der Waals surface area (Å²) >= 11 is 3.57. The SMILES string of the molecule is Cc1nnc(CC2CCC(c3ncc(-c4ccc(N)cc4)s3)CC2)s1. The van der Waals surface area contributed by atoms with Crippen molar-refractivity contribution in [1.82, 2.24) is 15.2 Å². The maximum absolute atomic E-state index is 5.78. The third-order valence-electron chi connectivity index (χ3n) is 4.95. The van der Waals surface area contributed by atoms with Crippen LogP contribution in [0.1, 0.15) is 46.6 Å². The zero-order valence-electron chi connectivity index (χ0n) is 14.3. The molecule has 0 spiro atoms. The van der Waals surface area contributed by atoms with Crippen LogP contribution in [-0.2, 0) is 6.42 Å². The monoisotopic (exact) mass is 370 g/mol. The van der Waals surface area contributed by atoms with E-state index < -0.39 is 0 Å². The second-order valence-corrected chi connectivity index (χ2v) is 9.15. The number of nitrogen functional groups attached to an aromatic ring is 1. The highest BCUT2D eigenvalue weighted by Gasteiger charge is 2.25. The van der Waals surface area contributed by atoms with E-state index in [1.54, 1.807) is 11.3 Å². The second-order valence-electron chi connectivity index (χ2n) is 6.82. The molecule has 4 nitrogen and oxygen atoms in total. The van der Waals surface area contributed by atoms with Crippen molar-refractivity contribution in [3.8, 4) is 10.4 Å². The van der Waals surface area contributed by atoms with Gasteiger partial charge in [0.25, 0.3) is 0 Å². The van der Waals surface area contributed by atoms with E-state index in [2.05, 4.69) is 22.3 Å². The molecule has 25 heavy (non-hydrogen) atoms. The van der Waals surface area contributed by atoms with Gasteiger partial charge in [-0.1, -0.05) is 12.1 Å². The topological polar surface area (TPSA) is 64.7 Å². The van der Waals surface area contributed by atoms with Gasteiger partial charge < -0.3 is 5.73 Å². The van der Waals surface area contributed by atoms with Gasteiger partial charge in [-0.05, 0) is 56.2 Å². The summed E-state index contributed by atoms with van der Waals surface area (Å²) in [6.45, 7) is 2.03. The van der Waals surface area contributed by atoms with E-state index in [-0.39, 0.29) is 0 Å². The molecule has 3 aromatic rings. The molecule has 0 unspecified atom stereocenters. The highest BCUT2D eigenvalue weighted by Crippen LogP contribution is 2.40. The smallest absolute Gasteiger partial charge is 0.117 e. The van der Waals surface area contributed by atoms with Crippen LogP contribution >= 0.6 is 22.7 Å². The summed E-state index contributed by atoms with van der Waals surface area (Å²) in [6.07, 6.45) is 8.10. The molecule has 0 bridgehead atoms. The molecule has 0 atom stereocenters. The third-order valence-corrected chi connectivity index (χ3v) is 7.02. The quantitative estimate of drug-likeness (QED) is 0.651. The van der Waals surface area contributed by atoms with Crippen molar-refractivity contribution in [3.63, 3.8) is 0 Å². The lowest BCUT2D eigenvalue weighted by Gasteiger charge is -2.26. The van der Waals surface area contributed by atoms with E-state index in [1.807, 2.05) is 36.6 Å². The van der Waals surface area contributed by atoms with E-state index in [0.29, 0.717) is 5.92 Å². The van der Waals surface area contributed by atoms with Crippen molar-refractivity contribution in [1.29, 1.82) is 0 Å². The van der Waals surface area contributed by atoms with Gasteiger partial charge in [0.1, 0.15) is 10.0 Å². The van der Waals surface area contributed by atoms with Crippen molar-refractivity contribution in [2.75, 3.05) is 5.73 Å². The minimum absolute atomic E-state index is 0.611. The van der Waals surface area contributed by atoms with Gasteiger partial charge in [0.2, 0.25) is 0 Å². The maximum Gasteiger partial charge on any atom is 0.117 e. The maximum atomic E-state index is 5.78. The van der Waals surface area contributed by atoms with Crippen LogP contribution in [-0.4, -0.2) is 15.2 Å². The van der Waals surface area contributed by atoms with Gasteiger partial charge in [-0.2, -0.15) is 0 Å². The molecule has 1 fully saturated rings. The Kier molecular flexibility index (Phi) is 4.81. The highest BCUT2D eigenvalue weighted by molar-refractivity contribution is 7.15. The summed E-state index contributed by atoms with van der Waals surface area (Å²) in [7, 11) is 0. The fraction of sp³-hybridized carbons (Fsp3) is 0.421. The van der Waals surface area contributed by atoms with Gasteiger partial charge in [0.15, 0.2) is 0 Å². The molecule has 0 aliphatic heterocycles. The lowest BCUT2D eigenvalue weighted by molar-refractivity contribution is 0.323. The summed E-state index contributed by atoms with van der Waals surface area (Å²) in [5.41, 5.74) is 7.79. The molecule has 1 aliphatic rings. The van der Waals surface area contributed by atoms with Crippen LogP contribution in [0.3, 0.4) is 0 Å². The molecular weight excluding hydrogens is 348 g/mol. The first-order valence-electron chi connectivity index (χ1n) is 8.78. The Bertz CT molecular complexity index is 829. The zero-order valence-corrected chi connectivity index (χ0v) is 15.9. The molecule has 6 heteroatoms. The van der Waals surface area contributed by atoms with E-state index in [9.17, 15) is 0 Å². The number of hydrogen-bond donors (Lipinski definition) is 1. The zero-order chi connectivity index (χ0) is 17.2. The van der Waals surface area contributed by atoms with E-state index in [4.69, 9.17) is 10.7 Å². The van der Waals surface area contributed by atoms with Crippen LogP contribution in [0.4, 0.5) is 5.69 Å². The molecule has 2 aromatic heterocycles. The Balaban J connectivity index is 1.37. The minimum atomic E-state index is 0.611. The third kappa shape index (κ3) is 3.90. The predicted molar refractivity (Wildman–Crippen MR) is 105 cm³/mol. The molecule has 130 valence electrons. The number of nitrogens with zero attached hydrogens (tertiary/aromatic N) is 3. The fourth-order valence-electron chi connectivity index (χ4n) is 3.54. The Hall–Kier alpha value is -1.79. The van der Waals surface area contributed by atoms with E-state index in [0.717, 1.165) is 23.0 Å². The molecule has 1 aliphatic carbocycles. The lowest BCUT2D eigenvalue weighted by atomic mass is 9.81. The number of aromatic nitrogens is 3. The van der Waals surface area contributed by atoms with E-state index >= 15 is 0 Å². The van der Waals surface area contributed by atoms with Gasteiger partial charge in [0.05, 0.1) is 9.88 Å². The molecule has 0 saturated heterocycles. The number of hydrogen-bond acceptors (Lipinski definition) is 6. The number of rotatable bonds is 4. The molecule has 2 heterocycles. The first kappa shape index (κ1) is 16.7. The number of anilines is 1. The van der Waals surface area contributed by atoms with Gasteiger partial charge in [-0.25, -0.2) is 4.98 Å². The molecule has 4 rings (SSSR count). The van der Waals surface area contributed by atoms with Gasteiger partial charge in [-0.15, -0.1) is 32.9 Å². The first-order chi connectivity index (χ1) is 12.2. The average molecular weight is 371 g/mol. The minimum Gasteiger partial charge on any atom is -0.399 e. The predicted octanol–water partition coefficient (Wildman–Crippen LogP) is 5.07. The second kappa shape index (κ2) is 7.22. The van der Waals surface area contributed by atoms with E-state index in [1.165, 1.54) is 46.1 Å². The molecule has 2 N–H and O–H groups in total. The van der Waals surface area contributed by atoms with Crippen LogP contribution in [0, 0.1) is 12.8 Å². The Labute approximate surface area is 156 Å². The first-order valence-corrected chi connectivity index (χ1v) is 10.4. The van der Waals surface area contributed by atoms with Crippen LogP contribution in [0.2, 0.25) is 0 Å². The van der Waals surface area contributed by atoms with Crippen LogP contribution < -0.4 is 5.73 Å². The van der Waals surface area contributed by atoms with Crippen molar-refractivity contribution >= 4 is 28.4 Å². The Morgan fingerprint density at radius 1 is 1.04 bits per heavy atom. The van der Waals surface area contributed by atoms with Crippen molar-refractivity contribution in [2.24, 2.45) is 5.92 Å². The molecule has 1 aromatic carbocycles. The molecule has 0 amide bonds. The standard InChI is InChI=1S/C19H22N4S2/c1-12-22-23-18(24-12)10-13-2-4-15(5-3-13)19-21-11-17(25-19)14-6-8-16(20)9-7-14/h6-9,11,13,15H,2-5,10,20H2,1H3. The van der Waals surface area contributed by atoms with Crippen LogP contribution in [0.5, 0.6) is 0 Å². The van der Waals surface area contributed by atoms with Gasteiger partial charge in [-0.3, -0.25) is 0 Å². The fourth-order valence-corrected chi connectivity index (χ4v) is 5.45. The Morgan fingerprint density at radius 2 is 1.80 bits per heavy atom. The van der Waals surface area contributed by atoms with Gasteiger partial charge in [0, 0.05) is 24.2 Å². The summed E-state index contributed by atoms with van der Waals surface area (Å²) < 4.78 is 0. The summed E-state index contributed by atoms with van der Waals surface area (Å²) in [6, 6.07) is 8.06. The van der Waals surface area contributed by atoms with Crippen LogP contribution in [0.15, 0.2) is 30.5 Å². The lowest BCUT2D eigenvalue weighted by Crippen LogP contribution is -2.15. The van der Waals surface area contributed by atoms with Crippen molar-refractivity contribution < 1.29 is 0 Å². The van der Waals surface area contributed by atoms with Crippen molar-refractivity contribution in [2.45, 2.75) is 44.9 Å². The number of nitrogens with two attached hydrogens (primary N) is 1. The summed E-state index contributed by atoms with van der Waals surface area (Å²) in [5.74, 6) is 1.36. The number of benzene rings is 1. The number of aryl methyl sites for hydroxylation is 1.